The van der Waals surface area contributed by atoms with Crippen molar-refractivity contribution < 1.29 is 92.5 Å². The highest BCUT2D eigenvalue weighted by atomic mass is 16.8. The van der Waals surface area contributed by atoms with E-state index in [4.69, 9.17) is 43.0 Å². The third-order valence-electron chi connectivity index (χ3n) is 9.06. The summed E-state index contributed by atoms with van der Waals surface area (Å²) in [5.41, 5.74) is 0. The zero-order chi connectivity index (χ0) is 41.1. The first-order valence-electron chi connectivity index (χ1n) is 18.8. The molecule has 19 heteroatoms. The fourth-order valence-electron chi connectivity index (χ4n) is 6.36. The normalized spacial score (nSPS) is 29.1. The number of carboxylic acids is 1. The van der Waals surface area contributed by atoms with Gasteiger partial charge >= 0.3 is 29.8 Å². The van der Waals surface area contributed by atoms with E-state index in [1.807, 2.05) is 0 Å². The van der Waals surface area contributed by atoms with E-state index in [0.717, 1.165) is 79.1 Å². The van der Waals surface area contributed by atoms with E-state index >= 15 is 0 Å². The minimum absolute atomic E-state index is 0.260. The van der Waals surface area contributed by atoms with Crippen molar-refractivity contribution in [3.8, 4) is 0 Å². The van der Waals surface area contributed by atoms with Crippen molar-refractivity contribution in [2.24, 2.45) is 0 Å². The predicted molar refractivity (Wildman–Crippen MR) is 186 cm³/mol. The molecule has 55 heavy (non-hydrogen) atoms. The van der Waals surface area contributed by atoms with Crippen molar-refractivity contribution in [1.82, 2.24) is 0 Å². The maximum Gasteiger partial charge on any atom is 0.332 e. The summed E-state index contributed by atoms with van der Waals surface area (Å²) in [5, 5.41) is 60.8. The van der Waals surface area contributed by atoms with Gasteiger partial charge in [-0.2, -0.15) is 0 Å². The molecule has 19 nitrogen and oxygen atoms in total. The van der Waals surface area contributed by atoms with Crippen LogP contribution in [-0.2, 0) is 61.9 Å². The van der Waals surface area contributed by atoms with Gasteiger partial charge in [0, 0.05) is 27.7 Å². The summed E-state index contributed by atoms with van der Waals surface area (Å²) < 4.78 is 44.3. The first kappa shape index (κ1) is 48.1. The molecule has 2 fully saturated rings. The van der Waals surface area contributed by atoms with Gasteiger partial charge in [0.05, 0.1) is 19.3 Å². The van der Waals surface area contributed by atoms with Gasteiger partial charge in [-0.25, -0.2) is 4.79 Å². The van der Waals surface area contributed by atoms with Crippen LogP contribution in [0.25, 0.3) is 0 Å². The minimum Gasteiger partial charge on any atom is -0.479 e. The predicted octanol–water partition coefficient (Wildman–Crippen LogP) is 0.398. The van der Waals surface area contributed by atoms with Gasteiger partial charge in [0.1, 0.15) is 37.1 Å². The molecule has 0 radical (unpaired) electrons. The van der Waals surface area contributed by atoms with Gasteiger partial charge in [0.2, 0.25) is 0 Å². The first-order valence-corrected chi connectivity index (χ1v) is 18.8. The molecule has 0 aromatic heterocycles. The molecule has 0 bridgehead atoms. The van der Waals surface area contributed by atoms with Crippen molar-refractivity contribution in [2.45, 2.75) is 178 Å². The fourth-order valence-corrected chi connectivity index (χ4v) is 6.36. The molecule has 0 spiro atoms. The van der Waals surface area contributed by atoms with Crippen molar-refractivity contribution in [2.75, 3.05) is 19.8 Å². The largest absolute Gasteiger partial charge is 0.479 e. The Morgan fingerprint density at radius 1 is 0.600 bits per heavy atom. The van der Waals surface area contributed by atoms with Crippen molar-refractivity contribution in [3.63, 3.8) is 0 Å². The summed E-state index contributed by atoms with van der Waals surface area (Å²) in [6, 6.07) is 0. The van der Waals surface area contributed by atoms with Crippen molar-refractivity contribution >= 4 is 29.8 Å². The van der Waals surface area contributed by atoms with Gasteiger partial charge in [0.15, 0.2) is 37.0 Å². The number of hydrogen-bond donors (Lipinski definition) is 6. The molecule has 0 saturated carbocycles. The highest BCUT2D eigenvalue weighted by Crippen LogP contribution is 2.33. The van der Waals surface area contributed by atoms with Gasteiger partial charge in [-0.1, -0.05) is 64.2 Å². The van der Waals surface area contributed by atoms with E-state index in [2.05, 4.69) is 0 Å². The van der Waals surface area contributed by atoms with Crippen molar-refractivity contribution in [3.05, 3.63) is 0 Å². The van der Waals surface area contributed by atoms with E-state index in [-0.39, 0.29) is 13.0 Å². The second-order valence-corrected chi connectivity index (χ2v) is 13.8. The Kier molecular flexibility index (Phi) is 22.1. The SMILES string of the molecule is CC(=O)OC[C@H]1O[C@@H](OCC(O)CCCCCCCCCCCCC(O)C(=O)O)[C@H](O)[C@@H](O)[C@@H]1O[C@@H]1O[C@H](CO)[C@@H](OC(C)=O)[C@H](OC(C)=O)[C@H]1OC(C)=O. The molecule has 0 amide bonds. The van der Waals surface area contributed by atoms with Crippen LogP contribution in [0.4, 0.5) is 0 Å². The summed E-state index contributed by atoms with van der Waals surface area (Å²) in [4.78, 5) is 58.4. The quantitative estimate of drug-likeness (QED) is 0.0414. The Hall–Kier alpha value is -3.01. The number of carbonyl (C=O) groups excluding carboxylic acids is 4. The van der Waals surface area contributed by atoms with Crippen molar-refractivity contribution in [1.29, 1.82) is 0 Å². The van der Waals surface area contributed by atoms with Crippen LogP contribution in [0.2, 0.25) is 0 Å². The lowest BCUT2D eigenvalue weighted by atomic mass is 9.96. The number of ether oxygens (including phenoxy) is 8. The zero-order valence-corrected chi connectivity index (χ0v) is 32.0. The monoisotopic (exact) mass is 796 g/mol. The van der Waals surface area contributed by atoms with E-state index in [9.17, 15) is 49.5 Å². The number of aliphatic hydroxyl groups is 5. The molecular weight excluding hydrogens is 736 g/mol. The first-order chi connectivity index (χ1) is 26.0. The average Bonchev–Trinajstić information content (AvgIpc) is 3.11. The molecule has 2 saturated heterocycles. The highest BCUT2D eigenvalue weighted by molar-refractivity contribution is 5.71. The molecule has 6 N–H and O–H groups in total. The maximum atomic E-state index is 12.1. The van der Waals surface area contributed by atoms with Crippen LogP contribution in [0, 0.1) is 0 Å². The van der Waals surface area contributed by atoms with Gasteiger partial charge in [-0.05, 0) is 12.8 Å². The maximum absolute atomic E-state index is 12.1. The molecule has 0 aromatic carbocycles. The average molecular weight is 797 g/mol. The number of carbonyl (C=O) groups is 5. The molecule has 2 aliphatic rings. The molecular formula is C36H60O19. The van der Waals surface area contributed by atoms with Crippen LogP contribution in [0.15, 0.2) is 0 Å². The molecule has 0 aliphatic carbocycles. The van der Waals surface area contributed by atoms with Gasteiger partial charge in [-0.15, -0.1) is 0 Å². The standard InChI is InChI=1S/C36H60O19/c1-20(38)48-19-27-30(55-36-33(52-23(4)41)32(51-22(3)40)31(50-21(2)39)26(17-37)53-36)28(44)29(45)35(54-27)49-18-24(42)15-13-11-9-7-5-6-8-10-12-14-16-25(43)34(46)47/h24-33,35-37,42-45H,5-19H2,1-4H3,(H,46,47)/t24?,25?,26-,27-,28-,29-,30-,31-,32+,33-,35-,36+/m1/s1. The van der Waals surface area contributed by atoms with Gasteiger partial charge in [-0.3, -0.25) is 19.2 Å². The van der Waals surface area contributed by atoms with Gasteiger partial charge < -0.3 is 68.5 Å². The molecule has 12 atom stereocenters. The summed E-state index contributed by atoms with van der Waals surface area (Å²) in [7, 11) is 0. The lowest BCUT2D eigenvalue weighted by Crippen LogP contribution is -2.66. The molecule has 2 unspecified atom stereocenters. The number of rotatable bonds is 25. The number of aliphatic hydroxyl groups excluding tert-OH is 5. The fraction of sp³-hybridized carbons (Fsp3) is 0.861. The van der Waals surface area contributed by atoms with E-state index in [1.165, 1.54) is 0 Å². The lowest BCUT2D eigenvalue weighted by Gasteiger charge is -2.47. The summed E-state index contributed by atoms with van der Waals surface area (Å²) in [6.07, 6.45) is -7.94. The topological polar surface area (TPSA) is 281 Å². The second kappa shape index (κ2) is 25.3. The molecule has 2 heterocycles. The molecule has 2 aliphatic heterocycles. The lowest BCUT2D eigenvalue weighted by molar-refractivity contribution is -0.361. The molecule has 0 aromatic rings. The Morgan fingerprint density at radius 2 is 1.09 bits per heavy atom. The van der Waals surface area contributed by atoms with E-state index in [0.29, 0.717) is 19.3 Å². The van der Waals surface area contributed by atoms with Gasteiger partial charge in [0.25, 0.3) is 0 Å². The Morgan fingerprint density at radius 3 is 1.60 bits per heavy atom. The zero-order valence-electron chi connectivity index (χ0n) is 32.0. The summed E-state index contributed by atoms with van der Waals surface area (Å²) in [6.45, 7) is 2.73. The van der Waals surface area contributed by atoms with E-state index < -0.39 is 117 Å². The third-order valence-corrected chi connectivity index (χ3v) is 9.06. The Balaban J connectivity index is 1.95. The van der Waals surface area contributed by atoms with Crippen LogP contribution in [0.3, 0.4) is 0 Å². The second-order valence-electron chi connectivity index (χ2n) is 13.8. The van der Waals surface area contributed by atoms with Crippen LogP contribution >= 0.6 is 0 Å². The number of hydrogen-bond acceptors (Lipinski definition) is 18. The third kappa shape index (κ3) is 17.3. The Bertz CT molecular complexity index is 1180. The number of unbranched alkanes of at least 4 members (excludes halogenated alkanes) is 9. The molecule has 318 valence electrons. The Labute approximate surface area is 320 Å². The highest BCUT2D eigenvalue weighted by Gasteiger charge is 2.55. The summed E-state index contributed by atoms with van der Waals surface area (Å²) in [5.74, 6) is -4.48. The summed E-state index contributed by atoms with van der Waals surface area (Å²) >= 11 is 0. The van der Waals surface area contributed by atoms with Crippen LogP contribution in [-0.4, -0.2) is 154 Å². The minimum atomic E-state index is -1.81. The number of aliphatic carboxylic acids is 1. The van der Waals surface area contributed by atoms with E-state index in [1.54, 1.807) is 0 Å². The molecule has 2 rings (SSSR count). The van der Waals surface area contributed by atoms with Crippen LogP contribution in [0.1, 0.15) is 105 Å². The van der Waals surface area contributed by atoms with Crippen LogP contribution < -0.4 is 0 Å². The number of carboxylic acid groups (broad SMARTS) is 1. The van der Waals surface area contributed by atoms with Crippen LogP contribution in [0.5, 0.6) is 0 Å². The smallest absolute Gasteiger partial charge is 0.332 e. The number of esters is 4.